The number of carbonyl (C=O) groups is 1. The molecule has 1 fully saturated rings. The van der Waals surface area contributed by atoms with E-state index in [1.54, 1.807) is 12.4 Å². The summed E-state index contributed by atoms with van der Waals surface area (Å²) < 4.78 is 5.57. The average molecular weight is 520 g/mol. The Bertz CT molecular complexity index is 1220. The minimum Gasteiger partial charge on any atom is -0.460 e. The van der Waals surface area contributed by atoms with Gasteiger partial charge in [-0.2, -0.15) is 0 Å². The minimum atomic E-state index is -0.434. The second-order valence-corrected chi connectivity index (χ2v) is 14.0. The molecule has 0 amide bonds. The molecule has 0 aromatic carbocycles. The third-order valence-corrected chi connectivity index (χ3v) is 7.84. The largest absolute Gasteiger partial charge is 0.460 e. The van der Waals surface area contributed by atoms with E-state index in [1.807, 2.05) is 20.8 Å². The van der Waals surface area contributed by atoms with Crippen molar-refractivity contribution in [2.24, 2.45) is 16.2 Å². The molecule has 2 aromatic rings. The van der Waals surface area contributed by atoms with Gasteiger partial charge >= 0.3 is 5.97 Å². The molecule has 3 heterocycles. The molecule has 7 heteroatoms. The van der Waals surface area contributed by atoms with Crippen molar-refractivity contribution in [3.8, 4) is 0 Å². The summed E-state index contributed by atoms with van der Waals surface area (Å²) in [6, 6.07) is 0. The predicted molar refractivity (Wildman–Crippen MR) is 153 cm³/mol. The molecule has 0 saturated heterocycles. The van der Waals surface area contributed by atoms with Gasteiger partial charge in [-0.1, -0.05) is 41.5 Å². The summed E-state index contributed by atoms with van der Waals surface area (Å²) in [5.41, 5.74) is 13.9. The Labute approximate surface area is 228 Å². The van der Waals surface area contributed by atoms with Gasteiger partial charge in [-0.3, -0.25) is 0 Å². The molecule has 3 N–H and O–H groups in total. The first-order valence-corrected chi connectivity index (χ1v) is 13.8. The highest BCUT2D eigenvalue weighted by molar-refractivity contribution is 5.95. The van der Waals surface area contributed by atoms with Gasteiger partial charge in [-0.05, 0) is 74.7 Å². The molecular formula is C31H45N5O2. The molecule has 1 atom stereocenters. The highest BCUT2D eigenvalue weighted by Gasteiger charge is 2.42. The van der Waals surface area contributed by atoms with Gasteiger partial charge in [0.2, 0.25) is 0 Å². The fourth-order valence-electron chi connectivity index (χ4n) is 7.01. The maximum absolute atomic E-state index is 13.1. The maximum Gasteiger partial charge on any atom is 0.337 e. The normalized spacial score (nSPS) is 22.2. The fourth-order valence-corrected chi connectivity index (χ4v) is 7.01. The van der Waals surface area contributed by atoms with Gasteiger partial charge in [0.15, 0.2) is 0 Å². The van der Waals surface area contributed by atoms with Gasteiger partial charge in [0.1, 0.15) is 12.1 Å². The van der Waals surface area contributed by atoms with Gasteiger partial charge in [0.25, 0.3) is 0 Å². The zero-order chi connectivity index (χ0) is 28.0. The number of esters is 1. The Morgan fingerprint density at radius 1 is 1.05 bits per heavy atom. The SMILES string of the molecule is CC1(C)CC(C)(C)C1.CC1=C(C(=O)OC(C)C)C(c2cncnc2)c2c(nc3c(c2N)CC(C)(C)CC3)N1. The van der Waals surface area contributed by atoms with Gasteiger partial charge in [-0.25, -0.2) is 19.7 Å². The van der Waals surface area contributed by atoms with Crippen molar-refractivity contribution in [3.63, 3.8) is 0 Å². The Morgan fingerprint density at radius 3 is 2.18 bits per heavy atom. The average Bonchev–Trinajstić information content (AvgIpc) is 2.77. The minimum absolute atomic E-state index is 0.162. The van der Waals surface area contributed by atoms with E-state index in [0.29, 0.717) is 33.6 Å². The van der Waals surface area contributed by atoms with Gasteiger partial charge < -0.3 is 15.8 Å². The van der Waals surface area contributed by atoms with Crippen LogP contribution < -0.4 is 11.1 Å². The number of ether oxygens (including phenoxy) is 1. The number of rotatable bonds is 3. The van der Waals surface area contributed by atoms with Crippen molar-refractivity contribution in [1.29, 1.82) is 0 Å². The molecule has 2 aromatic heterocycles. The molecule has 7 nitrogen and oxygen atoms in total. The van der Waals surface area contributed by atoms with Crippen molar-refractivity contribution in [2.75, 3.05) is 11.1 Å². The molecule has 0 bridgehead atoms. The van der Waals surface area contributed by atoms with Crippen molar-refractivity contribution in [1.82, 2.24) is 15.0 Å². The molecule has 1 saturated carbocycles. The van der Waals surface area contributed by atoms with E-state index >= 15 is 0 Å². The number of nitrogen functional groups attached to an aromatic ring is 1. The molecule has 2 aliphatic carbocycles. The summed E-state index contributed by atoms with van der Waals surface area (Å²) in [6.07, 6.45) is 10.3. The van der Waals surface area contributed by atoms with Crippen LogP contribution in [0.15, 0.2) is 30.0 Å². The van der Waals surface area contributed by atoms with Crippen LogP contribution in [0.3, 0.4) is 0 Å². The topological polar surface area (TPSA) is 103 Å². The number of allylic oxidation sites excluding steroid dienone is 1. The van der Waals surface area contributed by atoms with Crippen molar-refractivity contribution in [3.05, 3.63) is 52.4 Å². The van der Waals surface area contributed by atoms with Crippen LogP contribution in [0.1, 0.15) is 110 Å². The first-order chi connectivity index (χ1) is 17.6. The third kappa shape index (κ3) is 5.87. The molecule has 5 rings (SSSR count). The molecule has 1 unspecified atom stereocenters. The first kappa shape index (κ1) is 28.1. The van der Waals surface area contributed by atoms with Crippen LogP contribution in [-0.4, -0.2) is 27.0 Å². The highest BCUT2D eigenvalue weighted by atomic mass is 16.5. The number of aryl methyl sites for hydroxylation is 1. The van der Waals surface area contributed by atoms with E-state index < -0.39 is 5.92 Å². The number of carbonyl (C=O) groups excluding carboxylic acids is 1. The lowest BCUT2D eigenvalue weighted by molar-refractivity contribution is -0.143. The molecule has 38 heavy (non-hydrogen) atoms. The zero-order valence-electron chi connectivity index (χ0n) is 24.7. The second kappa shape index (κ2) is 9.97. The van der Waals surface area contributed by atoms with E-state index in [2.05, 4.69) is 56.8 Å². The Morgan fingerprint density at radius 2 is 1.66 bits per heavy atom. The van der Waals surface area contributed by atoms with Crippen LogP contribution in [0.25, 0.3) is 0 Å². The summed E-state index contributed by atoms with van der Waals surface area (Å²) in [6.45, 7) is 19.4. The van der Waals surface area contributed by atoms with Crippen LogP contribution >= 0.6 is 0 Å². The van der Waals surface area contributed by atoms with Crippen LogP contribution in [0.2, 0.25) is 0 Å². The molecule has 0 radical (unpaired) electrons. The van der Waals surface area contributed by atoms with Crippen molar-refractivity contribution >= 4 is 17.5 Å². The number of anilines is 2. The lowest BCUT2D eigenvalue weighted by Crippen LogP contribution is -2.38. The summed E-state index contributed by atoms with van der Waals surface area (Å²) in [5, 5.41) is 3.32. The lowest BCUT2D eigenvalue weighted by atomic mass is 9.56. The Hall–Kier alpha value is -2.96. The van der Waals surface area contributed by atoms with E-state index in [-0.39, 0.29) is 17.5 Å². The molecular weight excluding hydrogens is 474 g/mol. The number of fused-ring (bicyclic) bond motifs is 2. The van der Waals surface area contributed by atoms with E-state index in [0.717, 1.165) is 41.6 Å². The predicted octanol–water partition coefficient (Wildman–Crippen LogP) is 6.58. The van der Waals surface area contributed by atoms with E-state index in [9.17, 15) is 4.79 Å². The number of nitrogens with zero attached hydrogens (tertiary/aromatic N) is 3. The summed E-state index contributed by atoms with van der Waals surface area (Å²) in [5.74, 6) is -0.0955. The van der Waals surface area contributed by atoms with Crippen LogP contribution in [0, 0.1) is 16.2 Å². The monoisotopic (exact) mass is 519 g/mol. The maximum atomic E-state index is 13.1. The zero-order valence-corrected chi connectivity index (χ0v) is 24.7. The summed E-state index contributed by atoms with van der Waals surface area (Å²) in [7, 11) is 0. The van der Waals surface area contributed by atoms with Crippen molar-refractivity contribution in [2.45, 2.75) is 106 Å². The molecule has 206 valence electrons. The van der Waals surface area contributed by atoms with Crippen LogP contribution in [0.5, 0.6) is 0 Å². The lowest BCUT2D eigenvalue weighted by Gasteiger charge is -2.49. The second-order valence-electron chi connectivity index (χ2n) is 14.0. The van der Waals surface area contributed by atoms with Gasteiger partial charge in [0, 0.05) is 40.6 Å². The number of hydrogen-bond acceptors (Lipinski definition) is 7. The quantitative estimate of drug-likeness (QED) is 0.441. The Kier molecular flexibility index (Phi) is 7.36. The number of aromatic nitrogens is 3. The Balaban J connectivity index is 0.000000360. The standard InChI is InChI=1S/C23H29N5O2.C8H16/c1-12(2)30-22(29)17-13(3)27-21-19(18(17)14-9-25-11-26-10-14)20(24)15-8-23(4,5)7-6-16(15)28-21;1-7(2)5-8(3,4)6-7/h9-12,18H,6-8H2,1-5H3,(H3,24,27,28);5-6H2,1-4H3. The third-order valence-electron chi connectivity index (χ3n) is 7.84. The summed E-state index contributed by atoms with van der Waals surface area (Å²) >= 11 is 0. The number of nitrogens with two attached hydrogens (primary N) is 1. The van der Waals surface area contributed by atoms with E-state index in [4.69, 9.17) is 15.5 Å². The highest BCUT2D eigenvalue weighted by Crippen LogP contribution is 2.53. The fraction of sp³-hybridized carbons (Fsp3) is 0.613. The van der Waals surface area contributed by atoms with Gasteiger partial charge in [-0.15, -0.1) is 0 Å². The van der Waals surface area contributed by atoms with Crippen LogP contribution in [0.4, 0.5) is 11.5 Å². The summed E-state index contributed by atoms with van der Waals surface area (Å²) in [4.78, 5) is 26.4. The van der Waals surface area contributed by atoms with Gasteiger partial charge in [0.05, 0.1) is 17.6 Å². The number of pyridine rings is 1. The molecule has 1 aliphatic heterocycles. The van der Waals surface area contributed by atoms with E-state index in [1.165, 1.54) is 19.2 Å². The number of nitrogens with one attached hydrogen (secondary N) is 1. The smallest absolute Gasteiger partial charge is 0.337 e. The number of hydrogen-bond donors (Lipinski definition) is 2. The molecule has 3 aliphatic rings. The first-order valence-electron chi connectivity index (χ1n) is 13.8. The van der Waals surface area contributed by atoms with Crippen LogP contribution in [-0.2, 0) is 22.4 Å². The van der Waals surface area contributed by atoms with Crippen molar-refractivity contribution < 1.29 is 9.53 Å². The molecule has 0 spiro atoms.